The molecule has 162 valence electrons. The summed E-state index contributed by atoms with van der Waals surface area (Å²) in [5, 5.41) is 0. The highest BCUT2D eigenvalue weighted by atomic mass is 32.2. The highest BCUT2D eigenvalue weighted by molar-refractivity contribution is 7.90. The number of nitrogens with zero attached hydrogens (tertiary/aromatic N) is 1. The lowest BCUT2D eigenvalue weighted by Crippen LogP contribution is -2.13. The smallest absolute Gasteiger partial charge is 0.294 e. The number of hydrogen-bond donors (Lipinski definition) is 0. The number of carbonyl (C=O) groups excluding carboxylic acids is 1. The minimum atomic E-state index is -4.53. The molecule has 4 nitrogen and oxygen atoms in total. The number of sulfone groups is 1. The van der Waals surface area contributed by atoms with Crippen molar-refractivity contribution < 1.29 is 30.8 Å². The van der Waals surface area contributed by atoms with Crippen molar-refractivity contribution in [3.63, 3.8) is 0 Å². The van der Waals surface area contributed by atoms with Crippen LogP contribution in [0.1, 0.15) is 39.5 Å². The van der Waals surface area contributed by atoms with E-state index < -0.39 is 39.1 Å². The van der Waals surface area contributed by atoms with Gasteiger partial charge in [0.25, 0.3) is 0 Å². The van der Waals surface area contributed by atoms with Crippen molar-refractivity contribution in [1.29, 1.82) is 0 Å². The molecule has 0 saturated heterocycles. The van der Waals surface area contributed by atoms with Gasteiger partial charge in [-0.1, -0.05) is 24.3 Å². The molecule has 0 unspecified atom stereocenters. The topological polar surface area (TPSA) is 64.1 Å². The maximum atomic E-state index is 14.4. The van der Waals surface area contributed by atoms with Crippen LogP contribution in [0, 0.1) is 5.82 Å². The molecule has 31 heavy (non-hydrogen) atoms. The molecule has 0 amide bonds. The number of carbonyl (C=O) groups is 1. The van der Waals surface area contributed by atoms with E-state index in [2.05, 4.69) is 4.98 Å². The lowest BCUT2D eigenvalue weighted by atomic mass is 9.88. The molecule has 2 aromatic carbocycles. The van der Waals surface area contributed by atoms with Crippen molar-refractivity contribution in [2.24, 2.45) is 0 Å². The van der Waals surface area contributed by atoms with E-state index in [9.17, 15) is 30.8 Å². The fraction of sp³-hybridized carbons (Fsp3) is 0.182. The minimum Gasteiger partial charge on any atom is -0.294 e. The molecule has 1 heterocycles. The fourth-order valence-electron chi connectivity index (χ4n) is 3.12. The van der Waals surface area contributed by atoms with E-state index in [1.807, 2.05) is 0 Å². The number of Topliss-reactive ketones (excluding diaryl/α,β-unsaturated/α-hetero) is 1. The lowest BCUT2D eigenvalue weighted by Gasteiger charge is -2.18. The largest absolute Gasteiger partial charge is 0.416 e. The van der Waals surface area contributed by atoms with Gasteiger partial charge in [-0.05, 0) is 42.0 Å². The third-order valence-corrected chi connectivity index (χ3v) is 5.88. The first-order chi connectivity index (χ1) is 14.5. The average molecular weight is 451 g/mol. The van der Waals surface area contributed by atoms with Crippen molar-refractivity contribution in [2.75, 3.05) is 6.26 Å². The van der Waals surface area contributed by atoms with Crippen LogP contribution in [0.3, 0.4) is 0 Å². The van der Waals surface area contributed by atoms with Crippen LogP contribution in [0.4, 0.5) is 17.6 Å². The van der Waals surface area contributed by atoms with Crippen molar-refractivity contribution in [3.05, 3.63) is 95.1 Å². The molecular weight excluding hydrogens is 434 g/mol. The molecule has 9 heteroatoms. The van der Waals surface area contributed by atoms with Crippen LogP contribution in [-0.2, 0) is 16.0 Å². The third-order valence-electron chi connectivity index (χ3n) is 4.75. The molecule has 0 fully saturated rings. The van der Waals surface area contributed by atoms with Gasteiger partial charge in [0, 0.05) is 30.4 Å². The summed E-state index contributed by atoms with van der Waals surface area (Å²) in [5.74, 6) is -2.05. The van der Waals surface area contributed by atoms with Crippen molar-refractivity contribution in [3.8, 4) is 0 Å². The van der Waals surface area contributed by atoms with Gasteiger partial charge in [0.2, 0.25) is 0 Å². The fourth-order valence-corrected chi connectivity index (χ4v) is 3.75. The number of ketones is 1. The van der Waals surface area contributed by atoms with Crippen LogP contribution in [0.15, 0.2) is 71.8 Å². The van der Waals surface area contributed by atoms with Gasteiger partial charge in [-0.15, -0.1) is 0 Å². The predicted octanol–water partition coefficient (Wildman–Crippen LogP) is 5.05. The van der Waals surface area contributed by atoms with Gasteiger partial charge in [-0.25, -0.2) is 12.8 Å². The Kier molecular flexibility index (Phi) is 6.26. The molecule has 0 saturated carbocycles. The summed E-state index contributed by atoms with van der Waals surface area (Å²) in [7, 11) is -3.44. The lowest BCUT2D eigenvalue weighted by molar-refractivity contribution is -0.137. The number of benzene rings is 2. The van der Waals surface area contributed by atoms with Crippen LogP contribution in [0.5, 0.6) is 0 Å². The van der Waals surface area contributed by atoms with Gasteiger partial charge in [-0.3, -0.25) is 9.78 Å². The number of hydrogen-bond acceptors (Lipinski definition) is 4. The Morgan fingerprint density at radius 2 is 1.61 bits per heavy atom. The monoisotopic (exact) mass is 451 g/mol. The van der Waals surface area contributed by atoms with Crippen molar-refractivity contribution >= 4 is 15.6 Å². The molecule has 0 N–H and O–H groups in total. The number of halogens is 4. The predicted molar refractivity (Wildman–Crippen MR) is 106 cm³/mol. The number of rotatable bonds is 6. The molecule has 0 aliphatic heterocycles. The molecule has 3 aromatic rings. The van der Waals surface area contributed by atoms with Gasteiger partial charge in [0.05, 0.1) is 16.2 Å². The molecule has 0 aliphatic rings. The van der Waals surface area contributed by atoms with E-state index in [-0.39, 0.29) is 22.6 Å². The summed E-state index contributed by atoms with van der Waals surface area (Å²) in [4.78, 5) is 16.9. The molecular formula is C22H17F4NO3S. The first-order valence-corrected chi connectivity index (χ1v) is 11.0. The standard InChI is InChI=1S/C22H17F4NO3S/c1-31(29,30)17-10-6-15(7-11-17)20(28)13-18(21-19(23)3-2-12-27-21)14-4-8-16(9-5-14)22(24,25)26/h2-12,18H,13H2,1H3/t18-/m0/s1. The first-order valence-electron chi connectivity index (χ1n) is 9.07. The Labute approximate surface area is 176 Å². The molecule has 3 rings (SSSR count). The molecule has 0 radical (unpaired) electrons. The van der Waals surface area contributed by atoms with Crippen LogP contribution >= 0.6 is 0 Å². The zero-order valence-corrected chi connectivity index (χ0v) is 17.0. The van der Waals surface area contributed by atoms with E-state index in [1.165, 1.54) is 48.7 Å². The minimum absolute atomic E-state index is 0.0408. The summed E-state index contributed by atoms with van der Waals surface area (Å²) >= 11 is 0. The number of aromatic nitrogens is 1. The van der Waals surface area contributed by atoms with Crippen molar-refractivity contribution in [1.82, 2.24) is 4.98 Å². The molecule has 0 aliphatic carbocycles. The highest BCUT2D eigenvalue weighted by Gasteiger charge is 2.31. The summed E-state index contributed by atoms with van der Waals surface area (Å²) in [6.07, 6.45) is -2.42. The second-order valence-corrected chi connectivity index (χ2v) is 8.98. The quantitative estimate of drug-likeness (QED) is 0.389. The van der Waals surface area contributed by atoms with Gasteiger partial charge < -0.3 is 0 Å². The number of alkyl halides is 3. The van der Waals surface area contributed by atoms with E-state index in [4.69, 9.17) is 0 Å². The second-order valence-electron chi connectivity index (χ2n) is 6.97. The molecule has 0 bridgehead atoms. The van der Waals surface area contributed by atoms with Gasteiger partial charge in [-0.2, -0.15) is 13.2 Å². The van der Waals surface area contributed by atoms with Gasteiger partial charge in [0.15, 0.2) is 15.6 Å². The van der Waals surface area contributed by atoms with Gasteiger partial charge in [0.1, 0.15) is 5.82 Å². The Balaban J connectivity index is 1.96. The summed E-state index contributed by atoms with van der Waals surface area (Å²) in [5.41, 5.74) is -0.435. The van der Waals surface area contributed by atoms with Gasteiger partial charge >= 0.3 is 6.18 Å². The average Bonchev–Trinajstić information content (AvgIpc) is 2.71. The Morgan fingerprint density at radius 3 is 2.13 bits per heavy atom. The SMILES string of the molecule is CS(=O)(=O)c1ccc(C(=O)C[C@@H](c2ccc(C(F)(F)F)cc2)c2ncccc2F)cc1. The van der Waals surface area contributed by atoms with Crippen molar-refractivity contribution in [2.45, 2.75) is 23.4 Å². The normalized spacial score (nSPS) is 13.1. The molecule has 0 spiro atoms. The number of pyridine rings is 1. The molecule has 1 aromatic heterocycles. The maximum Gasteiger partial charge on any atom is 0.416 e. The van der Waals surface area contributed by atoms with Crippen LogP contribution in [0.2, 0.25) is 0 Å². The first kappa shape index (κ1) is 22.6. The van der Waals surface area contributed by atoms with E-state index in [0.717, 1.165) is 24.5 Å². The zero-order chi connectivity index (χ0) is 22.8. The molecule has 1 atom stereocenters. The second kappa shape index (κ2) is 8.58. The van der Waals surface area contributed by atoms with E-state index in [0.29, 0.717) is 5.56 Å². The van der Waals surface area contributed by atoms with Crippen LogP contribution in [-0.4, -0.2) is 25.4 Å². The van der Waals surface area contributed by atoms with Crippen LogP contribution in [0.25, 0.3) is 0 Å². The van der Waals surface area contributed by atoms with Crippen LogP contribution < -0.4 is 0 Å². The Bertz CT molecular complexity index is 1190. The summed E-state index contributed by atoms with van der Waals surface area (Å²) in [6.45, 7) is 0. The Hall–Kier alpha value is -3.07. The Morgan fingerprint density at radius 1 is 1.00 bits per heavy atom. The highest BCUT2D eigenvalue weighted by Crippen LogP contribution is 2.34. The maximum absolute atomic E-state index is 14.4. The summed E-state index contributed by atoms with van der Waals surface area (Å²) < 4.78 is 76.2. The zero-order valence-electron chi connectivity index (χ0n) is 16.2. The summed E-state index contributed by atoms with van der Waals surface area (Å²) in [6, 6.07) is 11.9. The van der Waals surface area contributed by atoms with E-state index in [1.54, 1.807) is 0 Å². The third kappa shape index (κ3) is 5.35. The van der Waals surface area contributed by atoms with E-state index >= 15 is 0 Å².